The van der Waals surface area contributed by atoms with Gasteiger partial charge in [0.1, 0.15) is 17.3 Å². The van der Waals surface area contributed by atoms with Crippen LogP contribution in [0.25, 0.3) is 0 Å². The van der Waals surface area contributed by atoms with Crippen molar-refractivity contribution in [1.82, 2.24) is 4.90 Å². The van der Waals surface area contributed by atoms with Crippen molar-refractivity contribution in [3.63, 3.8) is 0 Å². The number of hydrogen-bond acceptors (Lipinski definition) is 3. The van der Waals surface area contributed by atoms with E-state index in [9.17, 15) is 18.4 Å². The Morgan fingerprint density at radius 1 is 1.12 bits per heavy atom. The zero-order chi connectivity index (χ0) is 17.7. The molecule has 1 aliphatic carbocycles. The van der Waals surface area contributed by atoms with Crippen molar-refractivity contribution in [3.05, 3.63) is 29.8 Å². The summed E-state index contributed by atoms with van der Waals surface area (Å²) in [6.07, 6.45) is 2.02. The van der Waals surface area contributed by atoms with Crippen molar-refractivity contribution in [2.75, 3.05) is 24.5 Å². The van der Waals surface area contributed by atoms with Crippen LogP contribution in [0.1, 0.15) is 19.3 Å². The first-order chi connectivity index (χ1) is 12.0. The van der Waals surface area contributed by atoms with E-state index in [2.05, 4.69) is 0 Å². The highest BCUT2D eigenvalue weighted by atomic mass is 19.1. The van der Waals surface area contributed by atoms with Gasteiger partial charge in [-0.2, -0.15) is 0 Å². The third-order valence-corrected chi connectivity index (χ3v) is 5.91. The minimum atomic E-state index is -0.789. The van der Waals surface area contributed by atoms with E-state index in [-0.39, 0.29) is 30.6 Å². The lowest BCUT2D eigenvalue weighted by atomic mass is 9.98. The molecule has 1 aromatic rings. The zero-order valence-corrected chi connectivity index (χ0v) is 13.8. The van der Waals surface area contributed by atoms with Gasteiger partial charge in [0.25, 0.3) is 0 Å². The maximum absolute atomic E-state index is 14.0. The highest BCUT2D eigenvalue weighted by Crippen LogP contribution is 2.38. The fourth-order valence-electron chi connectivity index (χ4n) is 4.58. The van der Waals surface area contributed by atoms with E-state index in [4.69, 9.17) is 5.73 Å². The smallest absolute Gasteiger partial charge is 0.228 e. The van der Waals surface area contributed by atoms with Crippen LogP contribution >= 0.6 is 0 Å². The number of anilines is 1. The summed E-state index contributed by atoms with van der Waals surface area (Å²) < 4.78 is 27.9. The monoisotopic (exact) mass is 349 g/mol. The molecule has 2 N–H and O–H groups in total. The van der Waals surface area contributed by atoms with Gasteiger partial charge in [-0.3, -0.25) is 9.59 Å². The van der Waals surface area contributed by atoms with Gasteiger partial charge < -0.3 is 15.5 Å². The summed E-state index contributed by atoms with van der Waals surface area (Å²) in [5, 5.41) is 0. The van der Waals surface area contributed by atoms with E-state index in [1.54, 1.807) is 4.90 Å². The van der Waals surface area contributed by atoms with Gasteiger partial charge >= 0.3 is 0 Å². The predicted octanol–water partition coefficient (Wildman–Crippen LogP) is 1.51. The Bertz CT molecular complexity index is 706. The second kappa shape index (κ2) is 6.05. The molecule has 0 bridgehead atoms. The van der Waals surface area contributed by atoms with Crippen molar-refractivity contribution < 1.29 is 18.4 Å². The molecule has 1 saturated carbocycles. The lowest BCUT2D eigenvalue weighted by Crippen LogP contribution is -2.38. The summed E-state index contributed by atoms with van der Waals surface area (Å²) in [7, 11) is 0. The average Bonchev–Trinajstić information content (AvgIpc) is 3.24. The maximum Gasteiger partial charge on any atom is 0.228 e. The van der Waals surface area contributed by atoms with Gasteiger partial charge in [0.2, 0.25) is 11.8 Å². The Labute approximate surface area is 144 Å². The summed E-state index contributed by atoms with van der Waals surface area (Å²) in [5.74, 6) is -1.88. The molecule has 134 valence electrons. The van der Waals surface area contributed by atoms with Crippen LogP contribution in [0, 0.1) is 29.4 Å². The second-order valence-electron chi connectivity index (χ2n) is 7.38. The van der Waals surface area contributed by atoms with Crippen molar-refractivity contribution in [2.45, 2.75) is 25.3 Å². The van der Waals surface area contributed by atoms with Crippen LogP contribution in [-0.4, -0.2) is 42.4 Å². The molecule has 4 unspecified atom stereocenters. The van der Waals surface area contributed by atoms with Crippen molar-refractivity contribution in [3.8, 4) is 0 Å². The van der Waals surface area contributed by atoms with Gasteiger partial charge in [-0.05, 0) is 36.8 Å². The number of carbonyl (C=O) groups excluding carboxylic acids is 2. The second-order valence-corrected chi connectivity index (χ2v) is 7.38. The van der Waals surface area contributed by atoms with Crippen LogP contribution in [-0.2, 0) is 9.59 Å². The quantitative estimate of drug-likeness (QED) is 0.880. The van der Waals surface area contributed by atoms with E-state index < -0.39 is 23.5 Å². The van der Waals surface area contributed by atoms with Crippen LogP contribution < -0.4 is 10.6 Å². The number of amides is 2. The zero-order valence-electron chi connectivity index (χ0n) is 13.8. The Kier molecular flexibility index (Phi) is 3.98. The number of halogens is 2. The van der Waals surface area contributed by atoms with Gasteiger partial charge in [-0.15, -0.1) is 0 Å². The van der Waals surface area contributed by atoms with Crippen molar-refractivity contribution in [2.24, 2.45) is 23.5 Å². The molecule has 4 atom stereocenters. The Hall–Kier alpha value is -2.02. The summed E-state index contributed by atoms with van der Waals surface area (Å²) in [4.78, 5) is 27.9. The van der Waals surface area contributed by atoms with Crippen LogP contribution in [0.3, 0.4) is 0 Å². The third-order valence-electron chi connectivity index (χ3n) is 5.91. The number of nitrogens with two attached hydrogens (primary N) is 1. The van der Waals surface area contributed by atoms with Crippen LogP contribution in [0.2, 0.25) is 0 Å². The molecule has 3 fully saturated rings. The molecule has 0 radical (unpaired) electrons. The van der Waals surface area contributed by atoms with Crippen LogP contribution in [0.5, 0.6) is 0 Å². The molecule has 2 aliphatic heterocycles. The Morgan fingerprint density at radius 2 is 1.84 bits per heavy atom. The maximum atomic E-state index is 14.0. The number of rotatable bonds is 2. The minimum absolute atomic E-state index is 0.00943. The summed E-state index contributed by atoms with van der Waals surface area (Å²) >= 11 is 0. The predicted molar refractivity (Wildman–Crippen MR) is 87.6 cm³/mol. The largest absolute Gasteiger partial charge is 0.342 e. The number of fused-ring (bicyclic) bond motifs is 1. The SMILES string of the molecule is NC1CCC2CN(C(=O)C3CC(=O)N(c4c(F)cccc4F)C3)CC12. The molecule has 2 heterocycles. The fourth-order valence-corrected chi connectivity index (χ4v) is 4.58. The van der Waals surface area contributed by atoms with Gasteiger partial charge in [0.15, 0.2) is 0 Å². The molecule has 3 aliphatic rings. The number of hydrogen-bond donors (Lipinski definition) is 1. The van der Waals surface area contributed by atoms with E-state index in [0.717, 1.165) is 29.9 Å². The Balaban J connectivity index is 1.48. The first kappa shape index (κ1) is 16.4. The molecule has 2 amide bonds. The molecule has 0 aromatic heterocycles. The minimum Gasteiger partial charge on any atom is -0.342 e. The topological polar surface area (TPSA) is 66.6 Å². The number of likely N-dealkylation sites (tertiary alicyclic amines) is 1. The van der Waals surface area contributed by atoms with E-state index in [1.807, 2.05) is 0 Å². The molecule has 2 saturated heterocycles. The molecule has 7 heteroatoms. The van der Waals surface area contributed by atoms with Gasteiger partial charge in [0.05, 0.1) is 5.92 Å². The Morgan fingerprint density at radius 3 is 2.52 bits per heavy atom. The van der Waals surface area contributed by atoms with Crippen molar-refractivity contribution in [1.29, 1.82) is 0 Å². The number of carbonyl (C=O) groups is 2. The van der Waals surface area contributed by atoms with E-state index >= 15 is 0 Å². The highest BCUT2D eigenvalue weighted by Gasteiger charge is 2.46. The number of para-hydroxylation sites is 1. The first-order valence-electron chi connectivity index (χ1n) is 8.74. The summed E-state index contributed by atoms with van der Waals surface area (Å²) in [6.45, 7) is 1.33. The van der Waals surface area contributed by atoms with Crippen molar-refractivity contribution >= 4 is 17.5 Å². The van der Waals surface area contributed by atoms with E-state index in [1.165, 1.54) is 6.07 Å². The lowest BCUT2D eigenvalue weighted by Gasteiger charge is -2.22. The molecule has 1 aromatic carbocycles. The normalized spacial score (nSPS) is 31.7. The van der Waals surface area contributed by atoms with Gasteiger partial charge in [0, 0.05) is 32.1 Å². The number of benzene rings is 1. The molecular weight excluding hydrogens is 328 g/mol. The average molecular weight is 349 g/mol. The molecule has 4 rings (SSSR count). The lowest BCUT2D eigenvalue weighted by molar-refractivity contribution is -0.135. The molecule has 25 heavy (non-hydrogen) atoms. The molecule has 5 nitrogen and oxygen atoms in total. The summed E-state index contributed by atoms with van der Waals surface area (Å²) in [6, 6.07) is 3.62. The standard InChI is InChI=1S/C18H21F2N3O2/c19-13-2-1-3-14(20)17(13)23-8-11(6-16(23)24)18(25)22-7-10-4-5-15(21)12(10)9-22/h1-3,10-12,15H,4-9,21H2. The highest BCUT2D eigenvalue weighted by molar-refractivity contribution is 6.00. The molecule has 0 spiro atoms. The van der Waals surface area contributed by atoms with Gasteiger partial charge in [-0.1, -0.05) is 6.07 Å². The van der Waals surface area contributed by atoms with Gasteiger partial charge in [-0.25, -0.2) is 8.78 Å². The third kappa shape index (κ3) is 2.70. The number of nitrogens with zero attached hydrogens (tertiary/aromatic N) is 2. The van der Waals surface area contributed by atoms with E-state index in [0.29, 0.717) is 24.9 Å². The molecular formula is C18H21F2N3O2. The summed E-state index contributed by atoms with van der Waals surface area (Å²) in [5.41, 5.74) is 5.75. The fraction of sp³-hybridized carbons (Fsp3) is 0.556. The van der Waals surface area contributed by atoms with Crippen LogP contribution in [0.15, 0.2) is 18.2 Å². The van der Waals surface area contributed by atoms with Crippen LogP contribution in [0.4, 0.5) is 14.5 Å². The first-order valence-corrected chi connectivity index (χ1v) is 8.74.